The topological polar surface area (TPSA) is 32.3 Å². The molecular weight excluding hydrogens is 219 g/mol. The summed E-state index contributed by atoms with van der Waals surface area (Å²) in [5.41, 5.74) is 0.142. The maximum atomic E-state index is 13.1. The van der Waals surface area contributed by atoms with Crippen molar-refractivity contribution in [3.63, 3.8) is 0 Å². The van der Waals surface area contributed by atoms with Gasteiger partial charge in [0.05, 0.1) is 0 Å². The number of halogens is 3. The van der Waals surface area contributed by atoms with Crippen LogP contribution >= 0.6 is 0 Å². The van der Waals surface area contributed by atoms with Crippen LogP contribution < -0.4 is 5.32 Å². The predicted octanol–water partition coefficient (Wildman–Crippen LogP) is 2.28. The van der Waals surface area contributed by atoms with Crippen LogP contribution in [0.3, 0.4) is 0 Å². The van der Waals surface area contributed by atoms with Crippen LogP contribution in [0.15, 0.2) is 6.07 Å². The molecule has 1 atom stereocenters. The van der Waals surface area contributed by atoms with Crippen LogP contribution in [0.1, 0.15) is 24.3 Å². The molecule has 1 fully saturated rings. The van der Waals surface area contributed by atoms with Crippen molar-refractivity contribution >= 4 is 0 Å². The van der Waals surface area contributed by atoms with E-state index in [1.54, 1.807) is 0 Å². The average molecular weight is 231 g/mol. The van der Waals surface area contributed by atoms with Crippen LogP contribution in [0.4, 0.5) is 13.2 Å². The van der Waals surface area contributed by atoms with E-state index in [4.69, 9.17) is 0 Å². The van der Waals surface area contributed by atoms with Gasteiger partial charge >= 0.3 is 0 Å². The van der Waals surface area contributed by atoms with Crippen molar-refractivity contribution in [2.75, 3.05) is 13.1 Å². The number of nitrogens with one attached hydrogen (secondary N) is 1. The van der Waals surface area contributed by atoms with E-state index in [1.165, 1.54) is 0 Å². The first-order valence-electron chi connectivity index (χ1n) is 5.18. The van der Waals surface area contributed by atoms with E-state index >= 15 is 0 Å². The summed E-state index contributed by atoms with van der Waals surface area (Å²) in [6, 6.07) is 0.880. The van der Waals surface area contributed by atoms with E-state index < -0.39 is 23.2 Å². The van der Waals surface area contributed by atoms with Gasteiger partial charge in [-0.25, -0.2) is 8.78 Å². The maximum absolute atomic E-state index is 13.1. The fourth-order valence-electron chi connectivity index (χ4n) is 2.03. The number of rotatable bonds is 1. The third-order valence-electron chi connectivity index (χ3n) is 2.90. The molecule has 88 valence electrons. The Hall–Kier alpha value is -1.23. The van der Waals surface area contributed by atoms with Crippen LogP contribution in [0, 0.1) is 17.5 Å². The first-order valence-corrected chi connectivity index (χ1v) is 5.18. The van der Waals surface area contributed by atoms with Gasteiger partial charge in [0.1, 0.15) is 0 Å². The van der Waals surface area contributed by atoms with Gasteiger partial charge in [-0.1, -0.05) is 0 Å². The Bertz CT molecular complexity index is 403. The first-order chi connectivity index (χ1) is 7.61. The first kappa shape index (κ1) is 11.3. The van der Waals surface area contributed by atoms with Gasteiger partial charge in [0, 0.05) is 18.0 Å². The minimum atomic E-state index is -1.62. The number of piperidine rings is 1. The van der Waals surface area contributed by atoms with Gasteiger partial charge in [-0.15, -0.1) is 0 Å². The Morgan fingerprint density at radius 2 is 2.00 bits per heavy atom. The summed E-state index contributed by atoms with van der Waals surface area (Å²) in [6.07, 6.45) is 1.59. The van der Waals surface area contributed by atoms with Crippen molar-refractivity contribution < 1.29 is 18.3 Å². The lowest BCUT2D eigenvalue weighted by atomic mass is 9.90. The van der Waals surface area contributed by atoms with E-state index in [2.05, 4.69) is 5.32 Å². The van der Waals surface area contributed by atoms with Crippen molar-refractivity contribution in [1.29, 1.82) is 0 Å². The van der Waals surface area contributed by atoms with E-state index in [9.17, 15) is 18.3 Å². The van der Waals surface area contributed by atoms with Gasteiger partial charge in [-0.05, 0) is 25.5 Å². The summed E-state index contributed by atoms with van der Waals surface area (Å²) in [5.74, 6) is -5.31. The molecule has 0 bridgehead atoms. The summed E-state index contributed by atoms with van der Waals surface area (Å²) in [6.45, 7) is 1.39. The largest absolute Gasteiger partial charge is 0.505 e. The van der Waals surface area contributed by atoms with Crippen LogP contribution in [0.2, 0.25) is 0 Å². The molecule has 0 aromatic heterocycles. The fourth-order valence-corrected chi connectivity index (χ4v) is 2.03. The molecule has 0 saturated carbocycles. The van der Waals surface area contributed by atoms with Crippen LogP contribution in [0.25, 0.3) is 0 Å². The summed E-state index contributed by atoms with van der Waals surface area (Å²) in [5, 5.41) is 12.5. The Morgan fingerprint density at radius 1 is 1.25 bits per heavy atom. The third kappa shape index (κ3) is 1.87. The molecule has 1 heterocycles. The van der Waals surface area contributed by atoms with Gasteiger partial charge in [-0.2, -0.15) is 4.39 Å². The van der Waals surface area contributed by atoms with Gasteiger partial charge < -0.3 is 10.4 Å². The molecule has 0 radical (unpaired) electrons. The van der Waals surface area contributed by atoms with E-state index in [0.717, 1.165) is 25.5 Å². The SMILES string of the molecule is Oc1c(C2CCCNC2)cc(F)c(F)c1F. The van der Waals surface area contributed by atoms with Crippen molar-refractivity contribution in [3.8, 4) is 5.75 Å². The van der Waals surface area contributed by atoms with Crippen molar-refractivity contribution in [1.82, 2.24) is 5.32 Å². The minimum absolute atomic E-state index is 0.142. The zero-order valence-electron chi connectivity index (χ0n) is 8.56. The van der Waals surface area contributed by atoms with Crippen molar-refractivity contribution in [3.05, 3.63) is 29.1 Å². The van der Waals surface area contributed by atoms with E-state index in [-0.39, 0.29) is 11.5 Å². The molecule has 2 nitrogen and oxygen atoms in total. The second-order valence-corrected chi connectivity index (χ2v) is 3.97. The quantitative estimate of drug-likeness (QED) is 0.727. The van der Waals surface area contributed by atoms with E-state index in [0.29, 0.717) is 6.54 Å². The Kier molecular flexibility index (Phi) is 3.05. The molecule has 1 aromatic rings. The van der Waals surface area contributed by atoms with Crippen LogP contribution in [0.5, 0.6) is 5.75 Å². The molecule has 2 rings (SSSR count). The molecule has 1 aromatic carbocycles. The van der Waals surface area contributed by atoms with Crippen LogP contribution in [-0.2, 0) is 0 Å². The zero-order valence-corrected chi connectivity index (χ0v) is 8.56. The third-order valence-corrected chi connectivity index (χ3v) is 2.90. The second kappa shape index (κ2) is 4.33. The van der Waals surface area contributed by atoms with E-state index in [1.807, 2.05) is 0 Å². The highest BCUT2D eigenvalue weighted by Crippen LogP contribution is 2.34. The molecule has 1 unspecified atom stereocenters. The molecule has 1 saturated heterocycles. The number of hydrogen-bond acceptors (Lipinski definition) is 2. The lowest BCUT2D eigenvalue weighted by Gasteiger charge is -2.24. The molecule has 2 N–H and O–H groups in total. The molecular formula is C11H12F3NO. The molecule has 0 spiro atoms. The molecule has 16 heavy (non-hydrogen) atoms. The van der Waals surface area contributed by atoms with Crippen molar-refractivity contribution in [2.45, 2.75) is 18.8 Å². The molecule has 0 amide bonds. The second-order valence-electron chi connectivity index (χ2n) is 3.97. The molecule has 1 aliphatic heterocycles. The monoisotopic (exact) mass is 231 g/mol. The normalized spacial score (nSPS) is 21.1. The summed E-state index contributed by atoms with van der Waals surface area (Å²) < 4.78 is 39.0. The van der Waals surface area contributed by atoms with Gasteiger partial charge in [0.2, 0.25) is 5.82 Å². The average Bonchev–Trinajstić information content (AvgIpc) is 2.32. The highest BCUT2D eigenvalue weighted by atomic mass is 19.2. The summed E-state index contributed by atoms with van der Waals surface area (Å²) >= 11 is 0. The zero-order chi connectivity index (χ0) is 11.7. The fraction of sp³-hybridized carbons (Fsp3) is 0.455. The summed E-state index contributed by atoms with van der Waals surface area (Å²) in [7, 11) is 0. The Balaban J connectivity index is 2.40. The Morgan fingerprint density at radius 3 is 2.62 bits per heavy atom. The van der Waals surface area contributed by atoms with Gasteiger partial charge in [0.15, 0.2) is 17.4 Å². The number of phenolic OH excluding ortho intramolecular Hbond substituents is 1. The highest BCUT2D eigenvalue weighted by Gasteiger charge is 2.24. The van der Waals surface area contributed by atoms with Crippen molar-refractivity contribution in [2.24, 2.45) is 0 Å². The standard InChI is InChI=1S/C11H12F3NO/c12-8-4-7(6-2-1-3-15-5-6)11(16)10(14)9(8)13/h4,6,15-16H,1-3,5H2. The maximum Gasteiger partial charge on any atom is 0.203 e. The Labute approximate surface area is 91.1 Å². The van der Waals surface area contributed by atoms with Gasteiger partial charge in [0.25, 0.3) is 0 Å². The number of benzene rings is 1. The van der Waals surface area contributed by atoms with Gasteiger partial charge in [-0.3, -0.25) is 0 Å². The molecule has 0 aliphatic carbocycles. The van der Waals surface area contributed by atoms with Crippen LogP contribution in [-0.4, -0.2) is 18.2 Å². The lowest BCUT2D eigenvalue weighted by molar-refractivity contribution is 0.368. The molecule has 5 heteroatoms. The number of phenols is 1. The summed E-state index contributed by atoms with van der Waals surface area (Å²) in [4.78, 5) is 0. The minimum Gasteiger partial charge on any atom is -0.505 e. The molecule has 1 aliphatic rings. The number of aromatic hydroxyl groups is 1. The number of hydrogen-bond donors (Lipinski definition) is 2. The highest BCUT2D eigenvalue weighted by molar-refractivity contribution is 5.38. The smallest absolute Gasteiger partial charge is 0.203 e. The predicted molar refractivity (Wildman–Crippen MR) is 52.8 cm³/mol. The lowest BCUT2D eigenvalue weighted by Crippen LogP contribution is -2.28.